The molecule has 0 spiro atoms. The van der Waals surface area contributed by atoms with E-state index in [0.29, 0.717) is 16.4 Å². The summed E-state index contributed by atoms with van der Waals surface area (Å²) in [7, 11) is 0. The third-order valence-electron chi connectivity index (χ3n) is 4.72. The van der Waals surface area contributed by atoms with Gasteiger partial charge < -0.3 is 4.74 Å². The first-order valence-electron chi connectivity index (χ1n) is 8.86. The minimum absolute atomic E-state index is 0.102. The van der Waals surface area contributed by atoms with Crippen molar-refractivity contribution in [1.29, 1.82) is 0 Å². The summed E-state index contributed by atoms with van der Waals surface area (Å²) in [6.45, 7) is 1.78. The number of anilines is 2. The molecular weight excluding hydrogens is 462 g/mol. The van der Waals surface area contributed by atoms with Gasteiger partial charge in [0, 0.05) is 4.47 Å². The van der Waals surface area contributed by atoms with Gasteiger partial charge in [0.15, 0.2) is 5.71 Å². The van der Waals surface area contributed by atoms with Crippen molar-refractivity contribution in [2.24, 2.45) is 11.0 Å². The van der Waals surface area contributed by atoms with Crippen molar-refractivity contribution in [3.05, 3.63) is 58.0 Å². The van der Waals surface area contributed by atoms with Crippen LogP contribution in [0.3, 0.4) is 0 Å². The van der Waals surface area contributed by atoms with Crippen LogP contribution in [0.1, 0.15) is 6.92 Å². The van der Waals surface area contributed by atoms with E-state index in [4.69, 9.17) is 16.3 Å². The first kappa shape index (κ1) is 19.6. The van der Waals surface area contributed by atoms with Gasteiger partial charge in [-0.1, -0.05) is 39.7 Å². The Labute approximate surface area is 180 Å². The average Bonchev–Trinajstić information content (AvgIpc) is 3.21. The van der Waals surface area contributed by atoms with Gasteiger partial charge in [0.2, 0.25) is 5.91 Å². The van der Waals surface area contributed by atoms with E-state index in [1.54, 1.807) is 55.5 Å². The van der Waals surface area contributed by atoms with Gasteiger partial charge in [-0.2, -0.15) is 5.10 Å². The molecule has 1 fully saturated rings. The Hall–Kier alpha value is -2.71. The second-order valence-corrected chi connectivity index (χ2v) is 7.74. The Morgan fingerprint density at radius 2 is 1.83 bits per heavy atom. The fourth-order valence-corrected chi connectivity index (χ4v) is 3.96. The number of amides is 2. The Balaban J connectivity index is 1.81. The van der Waals surface area contributed by atoms with Crippen LogP contribution in [-0.4, -0.2) is 36.1 Å². The smallest absolute Gasteiger partial charge is 0.355 e. The molecule has 0 radical (unpaired) electrons. The molecule has 4 rings (SSSR count). The largest absolute Gasteiger partial charge is 0.461 e. The number of carbonyl (C=O) groups is 3. The predicted octanol–water partition coefficient (Wildman–Crippen LogP) is 3.40. The fourth-order valence-electron chi connectivity index (χ4n) is 3.47. The highest BCUT2D eigenvalue weighted by atomic mass is 79.9. The van der Waals surface area contributed by atoms with Gasteiger partial charge in [-0.3, -0.25) is 9.59 Å². The van der Waals surface area contributed by atoms with Crippen molar-refractivity contribution in [2.75, 3.05) is 16.5 Å². The van der Waals surface area contributed by atoms with Crippen molar-refractivity contribution in [2.45, 2.75) is 13.0 Å². The normalized spacial score (nSPS) is 20.7. The lowest BCUT2D eigenvalue weighted by Crippen LogP contribution is -2.39. The number of hydrazone groups is 1. The van der Waals surface area contributed by atoms with Crippen molar-refractivity contribution < 1.29 is 19.1 Å². The maximum Gasteiger partial charge on any atom is 0.355 e. The molecule has 1 saturated heterocycles. The van der Waals surface area contributed by atoms with Crippen LogP contribution in [0.2, 0.25) is 5.02 Å². The number of imide groups is 1. The Morgan fingerprint density at radius 1 is 1.14 bits per heavy atom. The van der Waals surface area contributed by atoms with Crippen LogP contribution in [0, 0.1) is 5.92 Å². The number of hydrogen-bond acceptors (Lipinski definition) is 6. The zero-order valence-electron chi connectivity index (χ0n) is 15.2. The molecule has 0 bridgehead atoms. The molecule has 2 aromatic rings. The summed E-state index contributed by atoms with van der Waals surface area (Å²) >= 11 is 9.63. The number of benzene rings is 2. The summed E-state index contributed by atoms with van der Waals surface area (Å²) in [5, 5.41) is 5.98. The highest BCUT2D eigenvalue weighted by Gasteiger charge is 2.59. The maximum absolute atomic E-state index is 13.3. The minimum Gasteiger partial charge on any atom is -0.461 e. The van der Waals surface area contributed by atoms with E-state index in [9.17, 15) is 14.4 Å². The topological polar surface area (TPSA) is 79.3 Å². The van der Waals surface area contributed by atoms with Crippen molar-refractivity contribution in [3.63, 3.8) is 0 Å². The summed E-state index contributed by atoms with van der Waals surface area (Å²) in [6.07, 6.45) is 0. The fraction of sp³-hybridized carbons (Fsp3) is 0.200. The second-order valence-electron chi connectivity index (χ2n) is 6.41. The molecule has 148 valence electrons. The quantitative estimate of drug-likeness (QED) is 0.499. The molecule has 2 heterocycles. The van der Waals surface area contributed by atoms with Crippen molar-refractivity contribution in [1.82, 2.24) is 0 Å². The zero-order valence-corrected chi connectivity index (χ0v) is 17.6. The lowest BCUT2D eigenvalue weighted by molar-refractivity contribution is -0.136. The Kier molecular flexibility index (Phi) is 5.14. The lowest BCUT2D eigenvalue weighted by Gasteiger charge is -2.22. The number of ether oxygens (including phenoxy) is 1. The SMILES string of the molecule is CCOC(=O)C1=NN(c2ccccc2Cl)[C@H]2C(=O)N(c3ccc(Br)cc3)C(=O)[C@@H]12. The number of carbonyl (C=O) groups excluding carboxylic acids is 3. The number of esters is 1. The maximum atomic E-state index is 13.3. The molecular formula is C20H15BrClN3O4. The number of rotatable bonds is 4. The first-order valence-corrected chi connectivity index (χ1v) is 10.0. The Morgan fingerprint density at radius 3 is 2.48 bits per heavy atom. The molecule has 0 aliphatic carbocycles. The molecule has 7 nitrogen and oxygen atoms in total. The second kappa shape index (κ2) is 7.61. The Bertz CT molecular complexity index is 1040. The summed E-state index contributed by atoms with van der Waals surface area (Å²) in [6, 6.07) is 12.6. The summed E-state index contributed by atoms with van der Waals surface area (Å²) in [5.41, 5.74) is 0.747. The van der Waals surface area contributed by atoms with Gasteiger partial charge >= 0.3 is 5.97 Å². The molecule has 2 amide bonds. The van der Waals surface area contributed by atoms with Gasteiger partial charge in [-0.05, 0) is 43.3 Å². The third kappa shape index (κ3) is 3.22. The van der Waals surface area contributed by atoms with Gasteiger partial charge in [-0.25, -0.2) is 14.7 Å². The van der Waals surface area contributed by atoms with Gasteiger partial charge in [0.05, 0.1) is 23.0 Å². The third-order valence-corrected chi connectivity index (χ3v) is 5.57. The highest BCUT2D eigenvalue weighted by Crippen LogP contribution is 2.40. The molecule has 9 heteroatoms. The van der Waals surface area contributed by atoms with E-state index < -0.39 is 29.7 Å². The minimum atomic E-state index is -1.07. The standard InChI is InChI=1S/C20H15BrClN3O4/c1-2-29-20(28)16-15-17(25(23-16)14-6-4-3-5-13(14)22)19(27)24(18(15)26)12-9-7-11(21)8-10-12/h3-10,15,17H,2H2,1H3/t15-,17+/m0/s1. The predicted molar refractivity (Wildman–Crippen MR) is 112 cm³/mol. The summed E-state index contributed by atoms with van der Waals surface area (Å²) in [4.78, 5) is 40.1. The molecule has 2 aliphatic rings. The van der Waals surface area contributed by atoms with E-state index >= 15 is 0 Å². The van der Waals surface area contributed by atoms with Crippen molar-refractivity contribution in [3.8, 4) is 0 Å². The van der Waals surface area contributed by atoms with Gasteiger partial charge in [0.1, 0.15) is 12.0 Å². The van der Waals surface area contributed by atoms with Crippen LogP contribution in [0.25, 0.3) is 0 Å². The molecule has 0 saturated carbocycles. The van der Waals surface area contributed by atoms with Crippen LogP contribution in [0.5, 0.6) is 0 Å². The van der Waals surface area contributed by atoms with Crippen LogP contribution in [0.15, 0.2) is 58.1 Å². The van der Waals surface area contributed by atoms with E-state index in [1.807, 2.05) is 0 Å². The number of fused-ring (bicyclic) bond motifs is 1. The first-order chi connectivity index (χ1) is 13.9. The number of halogens is 2. The molecule has 0 aromatic heterocycles. The summed E-state index contributed by atoms with van der Waals surface area (Å²) < 4.78 is 5.88. The number of para-hydroxylation sites is 1. The van der Waals surface area contributed by atoms with Crippen LogP contribution < -0.4 is 9.91 Å². The van der Waals surface area contributed by atoms with Gasteiger partial charge in [-0.15, -0.1) is 0 Å². The molecule has 0 N–H and O–H groups in total. The lowest BCUT2D eigenvalue weighted by atomic mass is 9.98. The zero-order chi connectivity index (χ0) is 20.7. The van der Waals surface area contributed by atoms with Crippen LogP contribution >= 0.6 is 27.5 Å². The summed E-state index contributed by atoms with van der Waals surface area (Å²) in [5.74, 6) is -2.80. The average molecular weight is 477 g/mol. The van der Waals surface area contributed by atoms with Gasteiger partial charge in [0.25, 0.3) is 5.91 Å². The van der Waals surface area contributed by atoms with E-state index in [0.717, 1.165) is 9.37 Å². The molecule has 2 aliphatic heterocycles. The molecule has 2 aromatic carbocycles. The van der Waals surface area contributed by atoms with Crippen LogP contribution in [0.4, 0.5) is 11.4 Å². The molecule has 29 heavy (non-hydrogen) atoms. The monoisotopic (exact) mass is 475 g/mol. The highest BCUT2D eigenvalue weighted by molar-refractivity contribution is 9.10. The molecule has 2 atom stereocenters. The number of hydrogen-bond donors (Lipinski definition) is 0. The van der Waals surface area contributed by atoms with Crippen molar-refractivity contribution >= 4 is 62.4 Å². The van der Waals surface area contributed by atoms with E-state index in [1.165, 1.54) is 5.01 Å². The van der Waals surface area contributed by atoms with E-state index in [2.05, 4.69) is 21.0 Å². The van der Waals surface area contributed by atoms with Crippen LogP contribution in [-0.2, 0) is 19.1 Å². The van der Waals surface area contributed by atoms with E-state index in [-0.39, 0.29) is 12.3 Å². The number of nitrogens with zero attached hydrogens (tertiary/aromatic N) is 3. The molecule has 0 unspecified atom stereocenters.